The SMILES string of the molecule is CCS(=O)(=O)N1CCC(C(=O)Nc2cccc(S(=O)(=O)N3CCN(C)CC3)c2)CC1. The predicted octanol–water partition coefficient (Wildman–Crippen LogP) is 0.623. The zero-order valence-corrected chi connectivity index (χ0v) is 19.1. The minimum absolute atomic E-state index is 0.0540. The molecule has 0 unspecified atom stereocenters. The number of piperazine rings is 1. The first-order valence-electron chi connectivity index (χ1n) is 10.2. The molecule has 0 radical (unpaired) electrons. The van der Waals surface area contributed by atoms with Crippen LogP contribution in [0.25, 0.3) is 0 Å². The fraction of sp³-hybridized carbons (Fsp3) is 0.632. The predicted molar refractivity (Wildman–Crippen MR) is 115 cm³/mol. The van der Waals surface area contributed by atoms with Crippen LogP contribution in [0.3, 0.4) is 0 Å². The summed E-state index contributed by atoms with van der Waals surface area (Å²) < 4.78 is 52.7. The highest BCUT2D eigenvalue weighted by atomic mass is 32.2. The zero-order chi connectivity index (χ0) is 21.9. The summed E-state index contributed by atoms with van der Waals surface area (Å²) in [4.78, 5) is 14.9. The van der Waals surface area contributed by atoms with Crippen LogP contribution < -0.4 is 5.32 Å². The number of benzene rings is 1. The second-order valence-electron chi connectivity index (χ2n) is 7.80. The number of amides is 1. The highest BCUT2D eigenvalue weighted by Crippen LogP contribution is 2.24. The van der Waals surface area contributed by atoms with Gasteiger partial charge in [0.15, 0.2) is 0 Å². The molecule has 0 saturated carbocycles. The lowest BCUT2D eigenvalue weighted by Gasteiger charge is -2.31. The summed E-state index contributed by atoms with van der Waals surface area (Å²) in [5, 5.41) is 2.80. The lowest BCUT2D eigenvalue weighted by atomic mass is 9.97. The first-order chi connectivity index (χ1) is 14.1. The van der Waals surface area contributed by atoms with Crippen LogP contribution in [0.1, 0.15) is 19.8 Å². The van der Waals surface area contributed by atoms with Crippen molar-refractivity contribution in [2.45, 2.75) is 24.7 Å². The molecular weight excluding hydrogens is 428 g/mol. The summed E-state index contributed by atoms with van der Waals surface area (Å²) in [6.07, 6.45) is 0.898. The van der Waals surface area contributed by atoms with Crippen molar-refractivity contribution in [3.05, 3.63) is 24.3 Å². The van der Waals surface area contributed by atoms with Crippen molar-refractivity contribution in [2.24, 2.45) is 5.92 Å². The van der Waals surface area contributed by atoms with Gasteiger partial charge in [-0.15, -0.1) is 0 Å². The van der Waals surface area contributed by atoms with E-state index in [2.05, 4.69) is 10.2 Å². The van der Waals surface area contributed by atoms with Gasteiger partial charge >= 0.3 is 0 Å². The minimum atomic E-state index is -3.61. The Balaban J connectivity index is 1.63. The van der Waals surface area contributed by atoms with E-state index in [1.165, 1.54) is 20.7 Å². The third kappa shape index (κ3) is 5.20. The molecule has 30 heavy (non-hydrogen) atoms. The van der Waals surface area contributed by atoms with Crippen molar-refractivity contribution in [2.75, 3.05) is 57.4 Å². The summed E-state index contributed by atoms with van der Waals surface area (Å²) >= 11 is 0. The van der Waals surface area contributed by atoms with Crippen molar-refractivity contribution < 1.29 is 21.6 Å². The van der Waals surface area contributed by atoms with Crippen molar-refractivity contribution in [1.82, 2.24) is 13.5 Å². The van der Waals surface area contributed by atoms with E-state index in [1.807, 2.05) is 7.05 Å². The van der Waals surface area contributed by atoms with Gasteiger partial charge in [0.1, 0.15) is 0 Å². The first kappa shape index (κ1) is 23.1. The molecule has 0 bridgehead atoms. The summed E-state index contributed by atoms with van der Waals surface area (Å²) in [6, 6.07) is 6.31. The number of sulfonamides is 2. The van der Waals surface area contributed by atoms with Gasteiger partial charge in [0.05, 0.1) is 10.6 Å². The molecule has 2 fully saturated rings. The van der Waals surface area contributed by atoms with E-state index < -0.39 is 20.0 Å². The topological polar surface area (TPSA) is 107 Å². The molecule has 2 saturated heterocycles. The quantitative estimate of drug-likeness (QED) is 0.670. The van der Waals surface area contributed by atoms with Gasteiger partial charge in [-0.3, -0.25) is 4.79 Å². The number of hydrogen-bond acceptors (Lipinski definition) is 6. The Bertz CT molecular complexity index is 964. The van der Waals surface area contributed by atoms with Crippen LogP contribution >= 0.6 is 0 Å². The third-order valence-corrected chi connectivity index (χ3v) is 9.56. The van der Waals surface area contributed by atoms with Crippen molar-refractivity contribution >= 4 is 31.6 Å². The molecule has 2 heterocycles. The highest BCUT2D eigenvalue weighted by molar-refractivity contribution is 7.89. The maximum atomic E-state index is 12.9. The second-order valence-corrected chi connectivity index (χ2v) is 12.0. The van der Waals surface area contributed by atoms with Gasteiger partial charge in [-0.25, -0.2) is 21.1 Å². The normalized spacial score (nSPS) is 20.9. The van der Waals surface area contributed by atoms with Crippen molar-refractivity contribution in [1.29, 1.82) is 0 Å². The molecule has 2 aliphatic rings. The average molecular weight is 459 g/mol. The largest absolute Gasteiger partial charge is 0.326 e. The van der Waals surface area contributed by atoms with Gasteiger partial charge < -0.3 is 10.2 Å². The summed E-state index contributed by atoms with van der Waals surface area (Å²) in [7, 11) is -4.89. The molecule has 0 atom stereocenters. The Morgan fingerprint density at radius 3 is 2.23 bits per heavy atom. The molecule has 3 rings (SSSR count). The van der Waals surface area contributed by atoms with Crippen LogP contribution in [0, 0.1) is 5.92 Å². The van der Waals surface area contributed by atoms with E-state index in [-0.39, 0.29) is 22.5 Å². The highest BCUT2D eigenvalue weighted by Gasteiger charge is 2.31. The lowest BCUT2D eigenvalue weighted by molar-refractivity contribution is -0.120. The fourth-order valence-corrected chi connectivity index (χ4v) is 6.34. The number of hydrogen-bond donors (Lipinski definition) is 1. The van der Waals surface area contributed by atoms with Gasteiger partial charge in [0.25, 0.3) is 0 Å². The molecule has 0 spiro atoms. The van der Waals surface area contributed by atoms with Crippen molar-refractivity contribution in [3.63, 3.8) is 0 Å². The number of nitrogens with one attached hydrogen (secondary N) is 1. The van der Waals surface area contributed by atoms with Gasteiger partial charge in [-0.05, 0) is 45.0 Å². The lowest BCUT2D eigenvalue weighted by Crippen LogP contribution is -2.47. The fourth-order valence-electron chi connectivity index (χ4n) is 3.73. The summed E-state index contributed by atoms with van der Waals surface area (Å²) in [5.41, 5.74) is 0.429. The molecule has 1 aromatic carbocycles. The minimum Gasteiger partial charge on any atom is -0.326 e. The van der Waals surface area contributed by atoms with Crippen molar-refractivity contribution in [3.8, 4) is 0 Å². The Labute approximate surface area is 179 Å². The number of piperidine rings is 1. The molecule has 11 heteroatoms. The zero-order valence-electron chi connectivity index (χ0n) is 17.5. The van der Waals surface area contributed by atoms with E-state index in [9.17, 15) is 21.6 Å². The second kappa shape index (κ2) is 9.31. The Kier molecular flexibility index (Phi) is 7.18. The average Bonchev–Trinajstić information content (AvgIpc) is 2.74. The molecule has 2 aliphatic heterocycles. The number of carbonyl (C=O) groups is 1. The molecular formula is C19H30N4O5S2. The number of carbonyl (C=O) groups excluding carboxylic acids is 1. The van der Waals surface area contributed by atoms with E-state index in [0.717, 1.165) is 0 Å². The third-order valence-electron chi connectivity index (χ3n) is 5.78. The number of anilines is 1. The molecule has 1 aromatic rings. The molecule has 0 aliphatic carbocycles. The van der Waals surface area contributed by atoms with Gasteiger partial charge in [0, 0.05) is 50.9 Å². The Morgan fingerprint density at radius 2 is 1.63 bits per heavy atom. The molecule has 1 N–H and O–H groups in total. The summed E-state index contributed by atoms with van der Waals surface area (Å²) in [6.45, 7) is 4.50. The molecule has 1 amide bonds. The standard InChI is InChI=1S/C19H30N4O5S2/c1-3-29(25,26)22-9-7-16(8-10-22)19(24)20-17-5-4-6-18(15-17)30(27,28)23-13-11-21(2)12-14-23/h4-6,15-16H,3,7-14H2,1-2H3,(H,20,24). The van der Waals surface area contributed by atoms with E-state index in [1.54, 1.807) is 19.1 Å². The number of nitrogens with zero attached hydrogens (tertiary/aromatic N) is 3. The van der Waals surface area contributed by atoms with Crippen LogP contribution in [0.4, 0.5) is 5.69 Å². The maximum absolute atomic E-state index is 12.9. The van der Waals surface area contributed by atoms with E-state index >= 15 is 0 Å². The van der Waals surface area contributed by atoms with E-state index in [0.29, 0.717) is 57.8 Å². The monoisotopic (exact) mass is 458 g/mol. The van der Waals surface area contributed by atoms with Crippen LogP contribution in [0.2, 0.25) is 0 Å². The van der Waals surface area contributed by atoms with Gasteiger partial charge in [0.2, 0.25) is 26.0 Å². The Hall–Kier alpha value is -1.53. The number of likely N-dealkylation sites (N-methyl/N-ethyl adjacent to an activating group) is 1. The van der Waals surface area contributed by atoms with Gasteiger partial charge in [-0.1, -0.05) is 6.07 Å². The Morgan fingerprint density at radius 1 is 1.00 bits per heavy atom. The molecule has 168 valence electrons. The van der Waals surface area contributed by atoms with Crippen LogP contribution in [-0.4, -0.2) is 88.3 Å². The first-order valence-corrected chi connectivity index (χ1v) is 13.3. The smallest absolute Gasteiger partial charge is 0.243 e. The number of rotatable bonds is 6. The van der Waals surface area contributed by atoms with Gasteiger partial charge in [-0.2, -0.15) is 4.31 Å². The van der Waals surface area contributed by atoms with Crippen LogP contribution in [0.5, 0.6) is 0 Å². The van der Waals surface area contributed by atoms with Crippen LogP contribution in [-0.2, 0) is 24.8 Å². The summed E-state index contributed by atoms with van der Waals surface area (Å²) in [5.74, 6) is -0.456. The molecule has 0 aromatic heterocycles. The maximum Gasteiger partial charge on any atom is 0.243 e. The van der Waals surface area contributed by atoms with Crippen LogP contribution in [0.15, 0.2) is 29.2 Å². The molecule has 9 nitrogen and oxygen atoms in total. The van der Waals surface area contributed by atoms with E-state index in [4.69, 9.17) is 0 Å².